The Labute approximate surface area is 128 Å². The van der Waals surface area contributed by atoms with Crippen LogP contribution in [0.15, 0.2) is 34.8 Å². The molecule has 0 aliphatic carbocycles. The zero-order valence-corrected chi connectivity index (χ0v) is 12.5. The minimum Gasteiger partial charge on any atom is -0.393 e. The van der Waals surface area contributed by atoms with Crippen molar-refractivity contribution >= 4 is 39.0 Å². The molecule has 0 atom stereocenters. The van der Waals surface area contributed by atoms with Gasteiger partial charge in [-0.05, 0) is 47.1 Å². The first kappa shape index (κ1) is 14.9. The molecule has 2 rings (SSSR count). The third kappa shape index (κ3) is 3.34. The third-order valence-electron chi connectivity index (χ3n) is 2.75. The second-order valence-corrected chi connectivity index (χ2v) is 5.10. The summed E-state index contributed by atoms with van der Waals surface area (Å²) in [4.78, 5) is 26.3. The third-order valence-corrected chi connectivity index (χ3v) is 3.59. The highest BCUT2D eigenvalue weighted by Gasteiger charge is 2.15. The van der Waals surface area contributed by atoms with E-state index in [9.17, 15) is 14.9 Å². The number of anilines is 2. The van der Waals surface area contributed by atoms with Crippen molar-refractivity contribution < 1.29 is 9.72 Å². The number of nitrogens with zero attached hydrogens (tertiary/aromatic N) is 2. The van der Waals surface area contributed by atoms with E-state index in [1.54, 1.807) is 19.1 Å². The molecule has 0 fully saturated rings. The van der Waals surface area contributed by atoms with E-state index in [0.29, 0.717) is 5.82 Å². The van der Waals surface area contributed by atoms with Gasteiger partial charge in [-0.1, -0.05) is 0 Å². The van der Waals surface area contributed by atoms with E-state index in [2.05, 4.69) is 26.2 Å². The molecule has 8 heteroatoms. The van der Waals surface area contributed by atoms with Gasteiger partial charge in [-0.25, -0.2) is 4.98 Å². The summed E-state index contributed by atoms with van der Waals surface area (Å²) in [6, 6.07) is 7.21. The Hall–Kier alpha value is -2.48. The first-order valence-electron chi connectivity index (χ1n) is 5.87. The van der Waals surface area contributed by atoms with Crippen molar-refractivity contribution in [3.63, 3.8) is 0 Å². The van der Waals surface area contributed by atoms with E-state index in [1.165, 1.54) is 18.2 Å². The van der Waals surface area contributed by atoms with Gasteiger partial charge < -0.3 is 11.1 Å². The van der Waals surface area contributed by atoms with Crippen LogP contribution in [0.5, 0.6) is 0 Å². The molecule has 2 aromatic rings. The zero-order chi connectivity index (χ0) is 15.6. The highest BCUT2D eigenvalue weighted by atomic mass is 79.9. The lowest BCUT2D eigenvalue weighted by atomic mass is 10.1. The van der Waals surface area contributed by atoms with E-state index in [-0.39, 0.29) is 16.9 Å². The standard InChI is InChI=1S/C13H11BrN4O3/c1-7-9(14)3-5-12(16-7)17-13(19)8-2-4-11(18(20)21)10(15)6-8/h2-6H,15H2,1H3,(H,16,17,19). The lowest BCUT2D eigenvalue weighted by Gasteiger charge is -2.07. The lowest BCUT2D eigenvalue weighted by Crippen LogP contribution is -2.13. The van der Waals surface area contributed by atoms with Crippen molar-refractivity contribution in [2.75, 3.05) is 11.1 Å². The van der Waals surface area contributed by atoms with Crippen molar-refractivity contribution in [3.8, 4) is 0 Å². The van der Waals surface area contributed by atoms with Gasteiger partial charge in [0, 0.05) is 16.1 Å². The number of nitro groups is 1. The SMILES string of the molecule is Cc1nc(NC(=O)c2ccc([N+](=O)[O-])c(N)c2)ccc1Br. The van der Waals surface area contributed by atoms with Crippen LogP contribution < -0.4 is 11.1 Å². The molecule has 1 heterocycles. The van der Waals surface area contributed by atoms with Gasteiger partial charge in [0.05, 0.1) is 10.6 Å². The van der Waals surface area contributed by atoms with Gasteiger partial charge in [0.1, 0.15) is 11.5 Å². The van der Waals surface area contributed by atoms with Gasteiger partial charge >= 0.3 is 0 Å². The number of carbonyl (C=O) groups is 1. The smallest absolute Gasteiger partial charge is 0.292 e. The summed E-state index contributed by atoms with van der Waals surface area (Å²) in [5.41, 5.74) is 6.21. The molecule has 0 radical (unpaired) electrons. The minimum absolute atomic E-state index is 0.0624. The molecule has 7 nitrogen and oxygen atoms in total. The number of nitrogens with one attached hydrogen (secondary N) is 1. The van der Waals surface area contributed by atoms with Crippen LogP contribution in [-0.4, -0.2) is 15.8 Å². The number of nitrogen functional groups attached to an aromatic ring is 1. The molecule has 0 bridgehead atoms. The maximum Gasteiger partial charge on any atom is 0.292 e. The molecule has 108 valence electrons. The number of nitro benzene ring substituents is 1. The lowest BCUT2D eigenvalue weighted by molar-refractivity contribution is -0.383. The first-order chi connectivity index (χ1) is 9.88. The number of aryl methyl sites for hydroxylation is 1. The predicted molar refractivity (Wildman–Crippen MR) is 82.1 cm³/mol. The average molecular weight is 351 g/mol. The number of carbonyl (C=O) groups excluding carboxylic acids is 1. The fourth-order valence-corrected chi connectivity index (χ4v) is 1.89. The van der Waals surface area contributed by atoms with Crippen LogP contribution in [0.1, 0.15) is 16.1 Å². The van der Waals surface area contributed by atoms with Crippen molar-refractivity contribution in [1.29, 1.82) is 0 Å². The maximum atomic E-state index is 12.1. The Bertz CT molecular complexity index is 733. The molecule has 0 spiro atoms. The number of aromatic nitrogens is 1. The van der Waals surface area contributed by atoms with Gasteiger partial charge in [0.25, 0.3) is 11.6 Å². The Morgan fingerprint density at radius 2 is 2.10 bits per heavy atom. The fourth-order valence-electron chi connectivity index (χ4n) is 1.66. The molecule has 21 heavy (non-hydrogen) atoms. The van der Waals surface area contributed by atoms with Gasteiger partial charge in [0.2, 0.25) is 0 Å². The summed E-state index contributed by atoms with van der Waals surface area (Å²) in [7, 11) is 0. The quantitative estimate of drug-likeness (QED) is 0.502. The van der Waals surface area contributed by atoms with Gasteiger partial charge in [-0.3, -0.25) is 14.9 Å². The number of rotatable bonds is 3. The monoisotopic (exact) mass is 350 g/mol. The highest BCUT2D eigenvalue weighted by Crippen LogP contribution is 2.23. The van der Waals surface area contributed by atoms with Crippen molar-refractivity contribution in [2.45, 2.75) is 6.92 Å². The maximum absolute atomic E-state index is 12.1. The molecule has 0 saturated heterocycles. The molecule has 0 aliphatic rings. The Morgan fingerprint density at radius 3 is 2.67 bits per heavy atom. The summed E-state index contributed by atoms with van der Waals surface area (Å²) in [6.45, 7) is 1.80. The van der Waals surface area contributed by atoms with E-state index in [4.69, 9.17) is 5.73 Å². The van der Waals surface area contributed by atoms with Crippen LogP contribution >= 0.6 is 15.9 Å². The number of amides is 1. The molecule has 0 saturated carbocycles. The topological polar surface area (TPSA) is 111 Å². The highest BCUT2D eigenvalue weighted by molar-refractivity contribution is 9.10. The zero-order valence-electron chi connectivity index (χ0n) is 11.0. The van der Waals surface area contributed by atoms with Crippen LogP contribution in [0.3, 0.4) is 0 Å². The Morgan fingerprint density at radius 1 is 1.38 bits per heavy atom. The van der Waals surface area contributed by atoms with Gasteiger partial charge in [-0.15, -0.1) is 0 Å². The number of benzene rings is 1. The van der Waals surface area contributed by atoms with Crippen LogP contribution in [0, 0.1) is 17.0 Å². The Balaban J connectivity index is 2.22. The second-order valence-electron chi connectivity index (χ2n) is 4.25. The molecular formula is C13H11BrN4O3. The molecule has 0 unspecified atom stereocenters. The molecule has 1 aromatic heterocycles. The largest absolute Gasteiger partial charge is 0.393 e. The van der Waals surface area contributed by atoms with Crippen LogP contribution in [0.4, 0.5) is 17.2 Å². The number of hydrogen-bond acceptors (Lipinski definition) is 5. The molecule has 1 aromatic carbocycles. The minimum atomic E-state index is -0.601. The normalized spacial score (nSPS) is 10.2. The van der Waals surface area contributed by atoms with Crippen molar-refractivity contribution in [2.24, 2.45) is 0 Å². The van der Waals surface area contributed by atoms with Gasteiger partial charge in [0.15, 0.2) is 0 Å². The number of pyridine rings is 1. The predicted octanol–water partition coefficient (Wildman–Crippen LogP) is 2.90. The summed E-state index contributed by atoms with van der Waals surface area (Å²) < 4.78 is 0.833. The Kier molecular flexibility index (Phi) is 4.18. The second kappa shape index (κ2) is 5.88. The number of nitrogens with two attached hydrogens (primary N) is 1. The van der Waals surface area contributed by atoms with Crippen LogP contribution in [-0.2, 0) is 0 Å². The molecule has 1 amide bonds. The summed E-state index contributed by atoms with van der Waals surface area (Å²) in [6.07, 6.45) is 0. The average Bonchev–Trinajstić information content (AvgIpc) is 2.42. The summed E-state index contributed by atoms with van der Waals surface area (Å²) in [5.74, 6) is -0.0524. The van der Waals surface area contributed by atoms with E-state index < -0.39 is 10.8 Å². The van der Waals surface area contributed by atoms with Gasteiger partial charge in [-0.2, -0.15) is 0 Å². The fraction of sp³-hybridized carbons (Fsp3) is 0.0769. The summed E-state index contributed by atoms with van der Waals surface area (Å²) in [5, 5.41) is 13.3. The van der Waals surface area contributed by atoms with E-state index in [1.807, 2.05) is 0 Å². The van der Waals surface area contributed by atoms with Crippen molar-refractivity contribution in [3.05, 3.63) is 56.2 Å². The molecule has 3 N–H and O–H groups in total. The first-order valence-corrected chi connectivity index (χ1v) is 6.66. The van der Waals surface area contributed by atoms with E-state index in [0.717, 1.165) is 10.2 Å². The van der Waals surface area contributed by atoms with E-state index >= 15 is 0 Å². The van der Waals surface area contributed by atoms with Crippen LogP contribution in [0.25, 0.3) is 0 Å². The number of halogens is 1. The number of hydrogen-bond donors (Lipinski definition) is 2. The van der Waals surface area contributed by atoms with Crippen LogP contribution in [0.2, 0.25) is 0 Å². The summed E-state index contributed by atoms with van der Waals surface area (Å²) >= 11 is 3.32. The molecule has 0 aliphatic heterocycles. The molecular weight excluding hydrogens is 340 g/mol. The van der Waals surface area contributed by atoms with Crippen molar-refractivity contribution in [1.82, 2.24) is 4.98 Å².